The lowest BCUT2D eigenvalue weighted by Crippen LogP contribution is -2.07. The summed E-state index contributed by atoms with van der Waals surface area (Å²) in [5, 5.41) is 8.50. The molecule has 0 saturated carbocycles. The predicted molar refractivity (Wildman–Crippen MR) is 51.9 cm³/mol. The van der Waals surface area contributed by atoms with Crippen molar-refractivity contribution < 1.29 is 19.4 Å². The molecule has 0 aromatic rings. The number of methoxy groups -OCH3 is 1. The monoisotopic (exact) mass is 200 g/mol. The second-order valence-corrected chi connectivity index (χ2v) is 2.96. The van der Waals surface area contributed by atoms with Crippen LogP contribution < -0.4 is 0 Å². The van der Waals surface area contributed by atoms with Gasteiger partial charge >= 0.3 is 11.9 Å². The molecule has 14 heavy (non-hydrogen) atoms. The molecule has 0 rings (SSSR count). The highest BCUT2D eigenvalue weighted by molar-refractivity contribution is 5.95. The molecular weight excluding hydrogens is 184 g/mol. The molecule has 0 amide bonds. The van der Waals surface area contributed by atoms with Gasteiger partial charge in [0.15, 0.2) is 0 Å². The number of carboxylic acids is 1. The minimum atomic E-state index is -1.11. The van der Waals surface area contributed by atoms with Crippen LogP contribution in [0.25, 0.3) is 0 Å². The number of carboxylic acid groups (broad SMARTS) is 1. The molecule has 0 fully saturated rings. The number of ether oxygens (including phenoxy) is 1. The molecule has 0 aliphatic carbocycles. The minimum absolute atomic E-state index is 0.230. The van der Waals surface area contributed by atoms with Gasteiger partial charge in [0.05, 0.1) is 7.11 Å². The first-order valence-corrected chi connectivity index (χ1v) is 4.63. The van der Waals surface area contributed by atoms with Gasteiger partial charge in [-0.15, -0.1) is 0 Å². The zero-order valence-corrected chi connectivity index (χ0v) is 8.58. The van der Waals surface area contributed by atoms with Crippen LogP contribution in [-0.4, -0.2) is 24.2 Å². The lowest BCUT2D eigenvalue weighted by Gasteiger charge is -2.03. The number of carbonyl (C=O) groups excluding carboxylic acids is 1. The molecule has 0 aliphatic heterocycles. The molecule has 4 nitrogen and oxygen atoms in total. The van der Waals surface area contributed by atoms with Crippen molar-refractivity contribution in [2.75, 3.05) is 7.11 Å². The third-order valence-corrected chi connectivity index (χ3v) is 1.79. The molecule has 0 aromatic carbocycles. The van der Waals surface area contributed by atoms with Crippen molar-refractivity contribution in [3.8, 4) is 0 Å². The molecule has 0 aliphatic rings. The number of hydrogen-bond acceptors (Lipinski definition) is 3. The van der Waals surface area contributed by atoms with Crippen molar-refractivity contribution in [2.24, 2.45) is 0 Å². The van der Waals surface area contributed by atoms with Crippen LogP contribution >= 0.6 is 0 Å². The number of esters is 1. The van der Waals surface area contributed by atoms with E-state index in [4.69, 9.17) is 5.11 Å². The van der Waals surface area contributed by atoms with E-state index in [0.717, 1.165) is 25.3 Å². The van der Waals surface area contributed by atoms with Crippen LogP contribution in [0.1, 0.15) is 32.6 Å². The van der Waals surface area contributed by atoms with Gasteiger partial charge in [-0.1, -0.05) is 19.8 Å². The first-order chi connectivity index (χ1) is 6.61. The third kappa shape index (κ3) is 5.35. The van der Waals surface area contributed by atoms with E-state index < -0.39 is 11.9 Å². The van der Waals surface area contributed by atoms with Crippen LogP contribution in [-0.2, 0) is 14.3 Å². The highest BCUT2D eigenvalue weighted by Crippen LogP contribution is 2.10. The Morgan fingerprint density at radius 2 is 2.00 bits per heavy atom. The fraction of sp³-hybridized carbons (Fsp3) is 0.600. The van der Waals surface area contributed by atoms with Crippen molar-refractivity contribution in [1.29, 1.82) is 0 Å². The van der Waals surface area contributed by atoms with Crippen LogP contribution in [0.4, 0.5) is 0 Å². The number of rotatable bonds is 6. The fourth-order valence-corrected chi connectivity index (χ4v) is 1.08. The summed E-state index contributed by atoms with van der Waals surface area (Å²) < 4.78 is 4.47. The average molecular weight is 200 g/mol. The van der Waals surface area contributed by atoms with E-state index in [9.17, 15) is 9.59 Å². The Bertz CT molecular complexity index is 230. The van der Waals surface area contributed by atoms with Crippen molar-refractivity contribution in [3.63, 3.8) is 0 Å². The Morgan fingerprint density at radius 3 is 2.43 bits per heavy atom. The number of hydrogen-bond donors (Lipinski definition) is 1. The van der Waals surface area contributed by atoms with E-state index in [-0.39, 0.29) is 5.57 Å². The van der Waals surface area contributed by atoms with Gasteiger partial charge in [-0.05, 0) is 12.8 Å². The Hall–Kier alpha value is -1.32. The Morgan fingerprint density at radius 1 is 1.36 bits per heavy atom. The second-order valence-electron chi connectivity index (χ2n) is 2.96. The maximum absolute atomic E-state index is 11.1. The lowest BCUT2D eigenvalue weighted by atomic mass is 10.1. The van der Waals surface area contributed by atoms with Gasteiger partial charge < -0.3 is 9.84 Å². The first-order valence-electron chi connectivity index (χ1n) is 4.63. The summed E-state index contributed by atoms with van der Waals surface area (Å²) in [4.78, 5) is 21.5. The second kappa shape index (κ2) is 7.12. The van der Waals surface area contributed by atoms with E-state index >= 15 is 0 Å². The van der Waals surface area contributed by atoms with Gasteiger partial charge in [0, 0.05) is 11.6 Å². The number of unbranched alkanes of at least 4 members (excludes halogenated alkanes) is 2. The SMILES string of the molecule is CCCCC/C(=C\C(=O)O)C(=O)OC. The van der Waals surface area contributed by atoms with Crippen LogP contribution in [0, 0.1) is 0 Å². The first kappa shape index (κ1) is 12.7. The Labute approximate surface area is 83.6 Å². The molecule has 0 unspecified atom stereocenters. The van der Waals surface area contributed by atoms with Crippen LogP contribution in [0.3, 0.4) is 0 Å². The molecule has 4 heteroatoms. The standard InChI is InChI=1S/C10H16O4/c1-3-4-5-6-8(7-9(11)12)10(13)14-2/h7H,3-6H2,1-2H3,(H,11,12)/b8-7+. The van der Waals surface area contributed by atoms with Gasteiger partial charge in [-0.2, -0.15) is 0 Å². The molecule has 0 aromatic heterocycles. The summed E-state index contributed by atoms with van der Waals surface area (Å²) in [5.41, 5.74) is 0.230. The normalized spacial score (nSPS) is 11.1. The number of aliphatic carboxylic acids is 1. The molecule has 1 N–H and O–H groups in total. The number of carbonyl (C=O) groups is 2. The molecule has 0 heterocycles. The zero-order chi connectivity index (χ0) is 11.0. The van der Waals surface area contributed by atoms with E-state index in [1.807, 2.05) is 6.92 Å². The molecule has 0 atom stereocenters. The van der Waals surface area contributed by atoms with Gasteiger partial charge in [0.1, 0.15) is 0 Å². The van der Waals surface area contributed by atoms with E-state index in [0.29, 0.717) is 6.42 Å². The van der Waals surface area contributed by atoms with E-state index in [1.54, 1.807) is 0 Å². The van der Waals surface area contributed by atoms with Gasteiger partial charge in [0.25, 0.3) is 0 Å². The van der Waals surface area contributed by atoms with Crippen LogP contribution in [0.5, 0.6) is 0 Å². The Balaban J connectivity index is 4.26. The lowest BCUT2D eigenvalue weighted by molar-refractivity contribution is -0.137. The van der Waals surface area contributed by atoms with Gasteiger partial charge in [-0.25, -0.2) is 9.59 Å². The molecule has 80 valence electrons. The highest BCUT2D eigenvalue weighted by atomic mass is 16.5. The van der Waals surface area contributed by atoms with Crippen molar-refractivity contribution in [1.82, 2.24) is 0 Å². The van der Waals surface area contributed by atoms with Crippen molar-refractivity contribution in [3.05, 3.63) is 11.6 Å². The topological polar surface area (TPSA) is 63.6 Å². The van der Waals surface area contributed by atoms with Gasteiger partial charge in [0.2, 0.25) is 0 Å². The summed E-state index contributed by atoms with van der Waals surface area (Å²) in [5.74, 6) is -1.66. The molecule has 0 saturated heterocycles. The summed E-state index contributed by atoms with van der Waals surface area (Å²) in [7, 11) is 1.25. The van der Waals surface area contributed by atoms with Gasteiger partial charge in [-0.3, -0.25) is 0 Å². The summed E-state index contributed by atoms with van der Waals surface area (Å²) >= 11 is 0. The van der Waals surface area contributed by atoms with Crippen molar-refractivity contribution in [2.45, 2.75) is 32.6 Å². The smallest absolute Gasteiger partial charge is 0.333 e. The largest absolute Gasteiger partial charge is 0.478 e. The summed E-state index contributed by atoms with van der Waals surface area (Å²) in [6.45, 7) is 2.04. The maximum atomic E-state index is 11.1. The highest BCUT2D eigenvalue weighted by Gasteiger charge is 2.10. The van der Waals surface area contributed by atoms with Crippen molar-refractivity contribution >= 4 is 11.9 Å². The predicted octanol–water partition coefficient (Wildman–Crippen LogP) is 1.75. The zero-order valence-electron chi connectivity index (χ0n) is 8.58. The third-order valence-electron chi connectivity index (χ3n) is 1.79. The summed E-state index contributed by atoms with van der Waals surface area (Å²) in [6.07, 6.45) is 4.20. The molecular formula is C10H16O4. The maximum Gasteiger partial charge on any atom is 0.333 e. The average Bonchev–Trinajstić information content (AvgIpc) is 2.15. The van der Waals surface area contributed by atoms with Crippen LogP contribution in [0.2, 0.25) is 0 Å². The molecule has 0 spiro atoms. The van der Waals surface area contributed by atoms with Crippen LogP contribution in [0.15, 0.2) is 11.6 Å². The molecule has 0 radical (unpaired) electrons. The molecule has 0 bridgehead atoms. The summed E-state index contributed by atoms with van der Waals surface area (Å²) in [6, 6.07) is 0. The quantitative estimate of drug-likeness (QED) is 0.403. The fourth-order valence-electron chi connectivity index (χ4n) is 1.08. The van der Waals surface area contributed by atoms with E-state index in [2.05, 4.69) is 4.74 Å². The van der Waals surface area contributed by atoms with E-state index in [1.165, 1.54) is 7.11 Å². The Kier molecular flexibility index (Phi) is 6.45. The minimum Gasteiger partial charge on any atom is -0.478 e.